The van der Waals surface area contributed by atoms with E-state index < -0.39 is 0 Å². The molecule has 1 heterocycles. The van der Waals surface area contributed by atoms with Crippen molar-refractivity contribution in [2.75, 3.05) is 18.0 Å². The van der Waals surface area contributed by atoms with Gasteiger partial charge in [0, 0.05) is 37.3 Å². The highest BCUT2D eigenvalue weighted by Gasteiger charge is 2.23. The highest BCUT2D eigenvalue weighted by Crippen LogP contribution is 2.26. The molecular weight excluding hydrogens is 260 g/mol. The minimum Gasteiger partial charge on any atom is -0.311 e. The topological polar surface area (TPSA) is 23.6 Å². The van der Waals surface area contributed by atoms with Gasteiger partial charge in [0.1, 0.15) is 0 Å². The van der Waals surface area contributed by atoms with E-state index in [9.17, 15) is 4.79 Å². The number of nitrogens with zero attached hydrogens (tertiary/aromatic N) is 2. The minimum atomic E-state index is 0.271. The molecule has 0 unspecified atom stereocenters. The Balaban J connectivity index is 2.15. The van der Waals surface area contributed by atoms with Crippen molar-refractivity contribution in [2.24, 2.45) is 0 Å². The number of amides is 1. The van der Waals surface area contributed by atoms with E-state index in [0.29, 0.717) is 18.5 Å². The number of hydrogen-bond donors (Lipinski definition) is 0. The number of aryl methyl sites for hydroxylation is 1. The zero-order valence-electron chi connectivity index (χ0n) is 13.8. The van der Waals surface area contributed by atoms with Crippen LogP contribution in [0.15, 0.2) is 24.3 Å². The molecule has 3 nitrogen and oxygen atoms in total. The second kappa shape index (κ2) is 7.08. The summed E-state index contributed by atoms with van der Waals surface area (Å²) >= 11 is 0. The zero-order valence-corrected chi connectivity index (χ0v) is 13.8. The van der Waals surface area contributed by atoms with Crippen LogP contribution in [-0.2, 0) is 11.2 Å². The third kappa shape index (κ3) is 3.85. The van der Waals surface area contributed by atoms with E-state index in [1.54, 1.807) is 0 Å². The van der Waals surface area contributed by atoms with Crippen molar-refractivity contribution in [1.82, 2.24) is 4.90 Å². The first-order valence-corrected chi connectivity index (χ1v) is 8.14. The summed E-state index contributed by atoms with van der Waals surface area (Å²) < 4.78 is 0. The molecule has 0 bridgehead atoms. The Morgan fingerprint density at radius 2 is 1.76 bits per heavy atom. The van der Waals surface area contributed by atoms with E-state index in [4.69, 9.17) is 0 Å². The number of benzene rings is 1. The van der Waals surface area contributed by atoms with E-state index in [0.717, 1.165) is 31.6 Å². The van der Waals surface area contributed by atoms with Gasteiger partial charge in [-0.2, -0.15) is 0 Å². The molecule has 3 heteroatoms. The van der Waals surface area contributed by atoms with Gasteiger partial charge < -0.3 is 4.90 Å². The van der Waals surface area contributed by atoms with Gasteiger partial charge in [-0.3, -0.25) is 9.69 Å². The molecule has 0 aliphatic carbocycles. The number of carbonyl (C=O) groups is 1. The fourth-order valence-electron chi connectivity index (χ4n) is 3.26. The van der Waals surface area contributed by atoms with Gasteiger partial charge in [-0.25, -0.2) is 0 Å². The molecule has 116 valence electrons. The molecule has 21 heavy (non-hydrogen) atoms. The first-order valence-electron chi connectivity index (χ1n) is 8.14. The van der Waals surface area contributed by atoms with Gasteiger partial charge >= 0.3 is 0 Å². The summed E-state index contributed by atoms with van der Waals surface area (Å²) in [5, 5.41) is 0. The number of hydrogen-bond acceptors (Lipinski definition) is 2. The third-order valence-corrected chi connectivity index (χ3v) is 4.33. The SMILES string of the molecule is CC(C)N(CCN1C(=O)CCCc2ccccc21)C(C)C. The van der Waals surface area contributed by atoms with Crippen LogP contribution in [0.2, 0.25) is 0 Å². The lowest BCUT2D eigenvalue weighted by molar-refractivity contribution is -0.118. The standard InChI is InChI=1S/C18H28N2O/c1-14(2)19(15(3)4)12-13-20-17-10-6-5-8-16(17)9-7-11-18(20)21/h5-6,8,10,14-15H,7,9,11-13H2,1-4H3. The molecule has 0 spiro atoms. The summed E-state index contributed by atoms with van der Waals surface area (Å²) in [4.78, 5) is 16.9. The average Bonchev–Trinajstić information content (AvgIpc) is 2.58. The fourth-order valence-corrected chi connectivity index (χ4v) is 3.26. The maximum atomic E-state index is 12.4. The monoisotopic (exact) mass is 288 g/mol. The minimum absolute atomic E-state index is 0.271. The molecule has 0 aromatic heterocycles. The summed E-state index contributed by atoms with van der Waals surface area (Å²) in [6, 6.07) is 9.36. The molecular formula is C18H28N2O. The number of fused-ring (bicyclic) bond motifs is 1. The van der Waals surface area contributed by atoms with Gasteiger partial charge in [-0.1, -0.05) is 18.2 Å². The lowest BCUT2D eigenvalue weighted by atomic mass is 10.1. The van der Waals surface area contributed by atoms with Gasteiger partial charge in [-0.15, -0.1) is 0 Å². The molecule has 1 aliphatic rings. The van der Waals surface area contributed by atoms with Crippen LogP contribution in [0.5, 0.6) is 0 Å². The lowest BCUT2D eigenvalue weighted by Crippen LogP contribution is -2.44. The Bertz CT molecular complexity index is 474. The van der Waals surface area contributed by atoms with Crippen LogP contribution in [-0.4, -0.2) is 36.0 Å². The van der Waals surface area contributed by atoms with Crippen molar-refractivity contribution >= 4 is 11.6 Å². The van der Waals surface area contributed by atoms with E-state index >= 15 is 0 Å². The highest BCUT2D eigenvalue weighted by molar-refractivity contribution is 5.94. The van der Waals surface area contributed by atoms with Crippen molar-refractivity contribution in [3.8, 4) is 0 Å². The highest BCUT2D eigenvalue weighted by atomic mass is 16.2. The van der Waals surface area contributed by atoms with Crippen LogP contribution in [0.4, 0.5) is 5.69 Å². The molecule has 0 N–H and O–H groups in total. The lowest BCUT2D eigenvalue weighted by Gasteiger charge is -2.33. The first kappa shape index (κ1) is 16.0. The van der Waals surface area contributed by atoms with Crippen LogP contribution < -0.4 is 4.90 Å². The zero-order chi connectivity index (χ0) is 15.4. The molecule has 0 fully saturated rings. The Hall–Kier alpha value is -1.35. The van der Waals surface area contributed by atoms with Crippen molar-refractivity contribution in [1.29, 1.82) is 0 Å². The number of rotatable bonds is 5. The predicted octanol–water partition coefficient (Wildman–Crippen LogP) is 3.47. The number of carbonyl (C=O) groups excluding carboxylic acids is 1. The van der Waals surface area contributed by atoms with Crippen molar-refractivity contribution in [3.63, 3.8) is 0 Å². The molecule has 1 aliphatic heterocycles. The van der Waals surface area contributed by atoms with E-state index in [1.807, 2.05) is 11.0 Å². The number of para-hydroxylation sites is 1. The third-order valence-electron chi connectivity index (χ3n) is 4.33. The van der Waals surface area contributed by atoms with Gasteiger partial charge in [-0.05, 0) is 52.2 Å². The molecule has 1 aromatic rings. The van der Waals surface area contributed by atoms with E-state index in [-0.39, 0.29) is 5.91 Å². The van der Waals surface area contributed by atoms with Crippen LogP contribution in [0.1, 0.15) is 46.1 Å². The van der Waals surface area contributed by atoms with Gasteiger partial charge in [0.25, 0.3) is 0 Å². The smallest absolute Gasteiger partial charge is 0.227 e. The summed E-state index contributed by atoms with van der Waals surface area (Å²) in [5.41, 5.74) is 2.43. The van der Waals surface area contributed by atoms with E-state index in [1.165, 1.54) is 5.56 Å². The second-order valence-corrected chi connectivity index (χ2v) is 6.45. The van der Waals surface area contributed by atoms with Crippen LogP contribution in [0, 0.1) is 0 Å². The van der Waals surface area contributed by atoms with Gasteiger partial charge in [0.05, 0.1) is 0 Å². The molecule has 0 atom stereocenters. The second-order valence-electron chi connectivity index (χ2n) is 6.45. The van der Waals surface area contributed by atoms with Crippen LogP contribution in [0.25, 0.3) is 0 Å². The molecule has 2 rings (SSSR count). The Kier molecular flexibility index (Phi) is 5.40. The molecule has 1 amide bonds. The summed E-state index contributed by atoms with van der Waals surface area (Å²) in [7, 11) is 0. The van der Waals surface area contributed by atoms with Crippen LogP contribution >= 0.6 is 0 Å². The quantitative estimate of drug-likeness (QED) is 0.828. The predicted molar refractivity (Wildman–Crippen MR) is 88.7 cm³/mol. The maximum Gasteiger partial charge on any atom is 0.227 e. The van der Waals surface area contributed by atoms with Crippen molar-refractivity contribution in [2.45, 2.75) is 59.0 Å². The first-order chi connectivity index (χ1) is 10.0. The molecule has 0 saturated carbocycles. The normalized spacial score (nSPS) is 15.8. The summed E-state index contributed by atoms with van der Waals surface area (Å²) in [6.45, 7) is 10.6. The Morgan fingerprint density at radius 3 is 2.43 bits per heavy atom. The molecule has 1 aromatic carbocycles. The van der Waals surface area contributed by atoms with Gasteiger partial charge in [0.15, 0.2) is 0 Å². The summed E-state index contributed by atoms with van der Waals surface area (Å²) in [6.07, 6.45) is 2.64. The molecule has 0 radical (unpaired) electrons. The van der Waals surface area contributed by atoms with E-state index in [2.05, 4.69) is 50.8 Å². The largest absolute Gasteiger partial charge is 0.311 e. The fraction of sp³-hybridized carbons (Fsp3) is 0.611. The number of anilines is 1. The van der Waals surface area contributed by atoms with Crippen LogP contribution in [0.3, 0.4) is 0 Å². The van der Waals surface area contributed by atoms with Crippen molar-refractivity contribution in [3.05, 3.63) is 29.8 Å². The molecule has 0 saturated heterocycles. The Labute approximate surface area is 128 Å². The average molecular weight is 288 g/mol. The Morgan fingerprint density at radius 1 is 1.10 bits per heavy atom. The summed E-state index contributed by atoms with van der Waals surface area (Å²) in [5.74, 6) is 0.271. The van der Waals surface area contributed by atoms with Gasteiger partial charge in [0.2, 0.25) is 5.91 Å². The maximum absolute atomic E-state index is 12.4. The van der Waals surface area contributed by atoms with Crippen molar-refractivity contribution < 1.29 is 4.79 Å².